The second-order valence-electron chi connectivity index (χ2n) is 17.6. The second-order valence-corrected chi connectivity index (χ2v) is 21.4. The summed E-state index contributed by atoms with van der Waals surface area (Å²) in [4.78, 5) is 22.1. The van der Waals surface area contributed by atoms with E-state index in [0.29, 0.717) is 67.2 Å². The molecule has 14 nitrogen and oxygen atoms in total. The molecule has 10 rings (SSSR count). The molecule has 0 bridgehead atoms. The van der Waals surface area contributed by atoms with Crippen molar-refractivity contribution >= 4 is 118 Å². The lowest BCUT2D eigenvalue weighted by Gasteiger charge is -2.20. The van der Waals surface area contributed by atoms with Crippen LogP contribution >= 0.6 is 57.6 Å². The number of benzene rings is 4. The van der Waals surface area contributed by atoms with Crippen molar-refractivity contribution in [3.63, 3.8) is 0 Å². The zero-order valence-corrected chi connectivity index (χ0v) is 44.6. The summed E-state index contributed by atoms with van der Waals surface area (Å²) in [5, 5.41) is 29.2. The topological polar surface area (TPSA) is 186 Å². The minimum atomic E-state index is -0.507. The predicted octanol–water partition coefficient (Wildman–Crippen LogP) is 13.2. The fourth-order valence-electron chi connectivity index (χ4n) is 8.19. The summed E-state index contributed by atoms with van der Waals surface area (Å²) < 4.78 is 40.5. The molecule has 0 spiro atoms. The molecule has 0 aliphatic carbocycles. The summed E-state index contributed by atoms with van der Waals surface area (Å²) in [7, 11) is 4.25. The van der Waals surface area contributed by atoms with E-state index < -0.39 is 11.6 Å². The monoisotopic (exact) mass is 1090 g/mol. The first kappa shape index (κ1) is 54.0. The van der Waals surface area contributed by atoms with Gasteiger partial charge in [0.05, 0.1) is 49.5 Å². The number of aromatic nitrogens is 4. The van der Waals surface area contributed by atoms with Crippen molar-refractivity contribution in [2.45, 2.75) is 55.3 Å². The summed E-state index contributed by atoms with van der Waals surface area (Å²) in [6.45, 7) is 5.56. The van der Waals surface area contributed by atoms with Crippen molar-refractivity contribution in [1.82, 2.24) is 29.7 Å². The number of thiazole rings is 2. The van der Waals surface area contributed by atoms with Crippen LogP contribution < -0.4 is 21.7 Å². The molecule has 0 radical (unpaired) electrons. The van der Waals surface area contributed by atoms with Gasteiger partial charge in [0, 0.05) is 74.5 Å². The van der Waals surface area contributed by atoms with Gasteiger partial charge in [0.1, 0.15) is 28.5 Å². The molecular formula is C53H52Cl2F2N12O2S3. The average Bonchev–Trinajstić information content (AvgIpc) is 4.25. The molecule has 2 aliphatic rings. The van der Waals surface area contributed by atoms with E-state index in [-0.39, 0.29) is 10.0 Å². The largest absolute Gasteiger partial charge is 0.399 e. The third kappa shape index (κ3) is 14.5. The van der Waals surface area contributed by atoms with Gasteiger partial charge in [-0.25, -0.2) is 23.7 Å². The van der Waals surface area contributed by atoms with Crippen molar-refractivity contribution in [3.8, 4) is 12.1 Å². The third-order valence-electron chi connectivity index (χ3n) is 11.8. The number of ether oxygens (including phenoxy) is 2. The number of halogens is 4. The Kier molecular flexibility index (Phi) is 18.9. The summed E-state index contributed by atoms with van der Waals surface area (Å²) in [6.07, 6.45) is 10.3. The van der Waals surface area contributed by atoms with Gasteiger partial charge in [-0.3, -0.25) is 9.80 Å². The molecule has 4 aromatic carbocycles. The van der Waals surface area contributed by atoms with Gasteiger partial charge < -0.3 is 31.2 Å². The first-order chi connectivity index (χ1) is 35.8. The van der Waals surface area contributed by atoms with E-state index in [2.05, 4.69) is 96.2 Å². The highest BCUT2D eigenvalue weighted by molar-refractivity contribution is 8.00. The van der Waals surface area contributed by atoms with E-state index in [4.69, 9.17) is 38.4 Å². The van der Waals surface area contributed by atoms with Gasteiger partial charge in [-0.15, -0.1) is 11.3 Å². The molecule has 382 valence electrons. The Morgan fingerprint density at radius 1 is 0.689 bits per heavy atom. The molecule has 2 saturated heterocycles. The number of anilines is 7. The number of nitrogen functional groups attached to an aromatic ring is 1. The number of rotatable bonds is 15. The molecular weight excluding hydrogens is 1040 g/mol. The summed E-state index contributed by atoms with van der Waals surface area (Å²) in [6, 6.07) is 29.2. The van der Waals surface area contributed by atoms with Crippen molar-refractivity contribution in [3.05, 3.63) is 141 Å². The highest BCUT2D eigenvalue weighted by Gasteiger charge is 2.20. The molecule has 5 N–H and O–H groups in total. The Bertz CT molecular complexity index is 3270. The SMILES string of the molecule is CN(Cc1ccc(N)cc1)C[C@@H]1CCCO1.CN(Cc1ccc(Nc2nc3ncc(C#N)c(Nc4ccc(F)c(Cl)c4)c3s2)cc1)C[C@@H]1CCCO1.CSc1nc2ncc(C#N)c(Nc3ccc(F)c(Cl)c3)c2s1. The van der Waals surface area contributed by atoms with E-state index in [1.807, 2.05) is 30.5 Å². The molecule has 74 heavy (non-hydrogen) atoms. The number of hydrogen-bond acceptors (Lipinski definition) is 17. The maximum atomic E-state index is 13.6. The second kappa shape index (κ2) is 25.8. The van der Waals surface area contributed by atoms with Gasteiger partial charge in [0.15, 0.2) is 20.8 Å². The van der Waals surface area contributed by atoms with Gasteiger partial charge in [0.2, 0.25) is 0 Å². The molecule has 2 aliphatic heterocycles. The Morgan fingerprint density at radius 3 is 1.62 bits per heavy atom. The summed E-state index contributed by atoms with van der Waals surface area (Å²) >= 11 is 16.1. The highest BCUT2D eigenvalue weighted by atomic mass is 35.5. The molecule has 4 aromatic heterocycles. The van der Waals surface area contributed by atoms with Gasteiger partial charge in [0.25, 0.3) is 0 Å². The Hall–Kier alpha value is -6.23. The first-order valence-corrected chi connectivity index (χ1v) is 27.1. The minimum Gasteiger partial charge on any atom is -0.399 e. The van der Waals surface area contributed by atoms with Gasteiger partial charge in [-0.2, -0.15) is 15.5 Å². The fourth-order valence-corrected chi connectivity index (χ4v) is 11.0. The Labute approximate surface area is 450 Å². The third-order valence-corrected chi connectivity index (χ3v) is 15.4. The molecule has 8 aromatic rings. The maximum absolute atomic E-state index is 13.6. The number of nitriles is 2. The van der Waals surface area contributed by atoms with E-state index >= 15 is 0 Å². The number of pyridine rings is 2. The van der Waals surface area contributed by atoms with E-state index in [9.17, 15) is 19.3 Å². The molecule has 2 fully saturated rings. The van der Waals surface area contributed by atoms with Crippen LogP contribution in [-0.2, 0) is 22.6 Å². The first-order valence-electron chi connectivity index (χ1n) is 23.5. The molecule has 0 unspecified atom stereocenters. The van der Waals surface area contributed by atoms with E-state index in [0.717, 1.165) is 72.6 Å². The van der Waals surface area contributed by atoms with Gasteiger partial charge >= 0.3 is 0 Å². The van der Waals surface area contributed by atoms with E-state index in [1.165, 1.54) is 95.1 Å². The number of likely N-dealkylation sites (N-methyl/N-ethyl adjacent to an activating group) is 2. The molecule has 2 atom stereocenters. The fraction of sp³-hybridized carbons (Fsp3) is 0.283. The maximum Gasteiger partial charge on any atom is 0.189 e. The number of nitrogens with zero attached hydrogens (tertiary/aromatic N) is 8. The molecule has 0 amide bonds. The average molecular weight is 1090 g/mol. The Balaban J connectivity index is 0.000000163. The number of nitrogens with two attached hydrogens (primary N) is 1. The van der Waals surface area contributed by atoms with Crippen molar-refractivity contribution in [2.75, 3.05) is 68.3 Å². The van der Waals surface area contributed by atoms with Crippen LogP contribution in [0.25, 0.3) is 20.7 Å². The standard InChI is InChI=1S/C26H24ClFN6OS.C14H8ClFN4S2.C13H20N2O/c1-34(15-20-3-2-10-35-20)14-16-4-6-18(7-5-16)32-26-33-25-24(36-26)23(17(12-29)13-30-25)31-19-8-9-22(28)21(27)11-19;1-21-14-20-13-12(22-14)11(7(5-17)6-18-13)19-8-2-3-10(16)9(15)4-8;1-15(10-13-3-2-8-16-13)9-11-4-6-12(14)7-5-11/h4-9,11,13,20H,2-3,10,14-15H2,1H3,(H2,30,31,32,33);2-4,6H,1H3,(H,18,19);4-7,13H,2-3,8-10,14H2,1H3/t20-;;13-/m0.0/s1. The smallest absolute Gasteiger partial charge is 0.189 e. The van der Waals surface area contributed by atoms with Crippen LogP contribution in [0, 0.1) is 34.3 Å². The number of thioether (sulfide) groups is 1. The van der Waals surface area contributed by atoms with Crippen LogP contribution in [-0.4, -0.2) is 88.6 Å². The van der Waals surface area contributed by atoms with Crippen LogP contribution in [0.5, 0.6) is 0 Å². The van der Waals surface area contributed by atoms with Crippen LogP contribution in [0.4, 0.5) is 48.0 Å². The lowest BCUT2D eigenvalue weighted by Crippen LogP contribution is -2.28. The Morgan fingerprint density at radius 2 is 1.16 bits per heavy atom. The molecule has 0 saturated carbocycles. The number of hydrogen-bond donors (Lipinski definition) is 4. The number of nitrogens with one attached hydrogen (secondary N) is 3. The zero-order valence-electron chi connectivity index (χ0n) is 40.7. The van der Waals surface area contributed by atoms with Crippen molar-refractivity contribution < 1.29 is 18.3 Å². The lowest BCUT2D eigenvalue weighted by atomic mass is 10.2. The lowest BCUT2D eigenvalue weighted by molar-refractivity contribution is 0.0791. The number of fused-ring (bicyclic) bond motifs is 2. The van der Waals surface area contributed by atoms with E-state index in [1.54, 1.807) is 12.1 Å². The van der Waals surface area contributed by atoms with Crippen LogP contribution in [0.1, 0.15) is 47.9 Å². The quantitative estimate of drug-likeness (QED) is 0.0561. The van der Waals surface area contributed by atoms with Gasteiger partial charge in [-0.1, -0.05) is 70.6 Å². The molecule has 6 heterocycles. The summed E-state index contributed by atoms with van der Waals surface area (Å²) in [5.74, 6) is -0.998. The highest BCUT2D eigenvalue weighted by Crippen LogP contribution is 2.38. The predicted molar refractivity (Wildman–Crippen MR) is 297 cm³/mol. The molecule has 21 heteroatoms. The van der Waals surface area contributed by atoms with Gasteiger partial charge in [-0.05, 0) is 118 Å². The van der Waals surface area contributed by atoms with Crippen LogP contribution in [0.3, 0.4) is 0 Å². The zero-order chi connectivity index (χ0) is 52.1. The van der Waals surface area contributed by atoms with Crippen LogP contribution in [0.15, 0.2) is 102 Å². The normalized spacial score (nSPS) is 15.1. The van der Waals surface area contributed by atoms with Crippen LogP contribution in [0.2, 0.25) is 10.0 Å². The minimum absolute atomic E-state index is 0.00280. The van der Waals surface area contributed by atoms with Crippen molar-refractivity contribution in [2.24, 2.45) is 0 Å². The summed E-state index contributed by atoms with van der Waals surface area (Å²) in [5.41, 5.74) is 14.0. The van der Waals surface area contributed by atoms with Crippen molar-refractivity contribution in [1.29, 1.82) is 10.5 Å².